The molecule has 0 radical (unpaired) electrons. The molecule has 106 valence electrons. The Kier molecular flexibility index (Phi) is 4.53. The van der Waals surface area contributed by atoms with E-state index < -0.39 is 0 Å². The Morgan fingerprint density at radius 3 is 2.95 bits per heavy atom. The van der Waals surface area contributed by atoms with Crippen LogP contribution in [0.5, 0.6) is 5.75 Å². The minimum atomic E-state index is -0.237. The van der Waals surface area contributed by atoms with Gasteiger partial charge in [0.15, 0.2) is 0 Å². The van der Waals surface area contributed by atoms with Crippen molar-refractivity contribution in [1.82, 2.24) is 14.9 Å². The number of rotatable bonds is 5. The summed E-state index contributed by atoms with van der Waals surface area (Å²) in [5.41, 5.74) is 1.80. The third-order valence-corrected chi connectivity index (χ3v) is 3.21. The van der Waals surface area contributed by atoms with E-state index in [1.165, 1.54) is 0 Å². The van der Waals surface area contributed by atoms with Crippen LogP contribution in [-0.4, -0.2) is 23.7 Å². The van der Waals surface area contributed by atoms with Crippen LogP contribution in [0.2, 0.25) is 0 Å². The summed E-state index contributed by atoms with van der Waals surface area (Å²) in [6.07, 6.45) is 3.40. The van der Waals surface area contributed by atoms with Crippen molar-refractivity contribution in [1.29, 1.82) is 0 Å². The van der Waals surface area contributed by atoms with Crippen LogP contribution >= 0.6 is 0 Å². The van der Waals surface area contributed by atoms with E-state index in [1.807, 2.05) is 44.4 Å². The SMILES string of the molecule is CNC(Cn1cc(C)cnc1=O)c1cccc(OC)c1. The van der Waals surface area contributed by atoms with Gasteiger partial charge in [-0.3, -0.25) is 4.57 Å². The Balaban J connectivity index is 2.28. The molecule has 5 heteroatoms. The van der Waals surface area contributed by atoms with Crippen molar-refractivity contribution in [2.24, 2.45) is 0 Å². The lowest BCUT2D eigenvalue weighted by Crippen LogP contribution is -2.29. The van der Waals surface area contributed by atoms with E-state index >= 15 is 0 Å². The molecule has 0 amide bonds. The van der Waals surface area contributed by atoms with E-state index in [4.69, 9.17) is 4.74 Å². The molecule has 5 nitrogen and oxygen atoms in total. The van der Waals surface area contributed by atoms with Crippen molar-refractivity contribution < 1.29 is 4.74 Å². The second kappa shape index (κ2) is 6.34. The van der Waals surface area contributed by atoms with Gasteiger partial charge in [0.25, 0.3) is 0 Å². The highest BCUT2D eigenvalue weighted by molar-refractivity contribution is 5.30. The number of methoxy groups -OCH3 is 1. The summed E-state index contributed by atoms with van der Waals surface area (Å²) in [6.45, 7) is 2.44. The lowest BCUT2D eigenvalue weighted by atomic mass is 10.1. The predicted octanol–water partition coefficient (Wildman–Crippen LogP) is 1.52. The molecular weight excluding hydrogens is 254 g/mol. The molecule has 0 bridgehead atoms. The van der Waals surface area contributed by atoms with E-state index in [-0.39, 0.29) is 11.7 Å². The summed E-state index contributed by atoms with van der Waals surface area (Å²) < 4.78 is 6.85. The van der Waals surface area contributed by atoms with Crippen LogP contribution in [-0.2, 0) is 6.54 Å². The third kappa shape index (κ3) is 3.24. The number of nitrogens with one attached hydrogen (secondary N) is 1. The Bertz CT molecular complexity index is 637. The summed E-state index contributed by atoms with van der Waals surface area (Å²) in [5.74, 6) is 0.803. The summed E-state index contributed by atoms with van der Waals surface area (Å²) >= 11 is 0. The zero-order chi connectivity index (χ0) is 14.5. The van der Waals surface area contributed by atoms with E-state index in [9.17, 15) is 4.79 Å². The lowest BCUT2D eigenvalue weighted by Gasteiger charge is -2.18. The number of nitrogens with zero attached hydrogens (tertiary/aromatic N) is 2. The van der Waals surface area contributed by atoms with E-state index in [0.29, 0.717) is 6.54 Å². The van der Waals surface area contributed by atoms with E-state index in [0.717, 1.165) is 16.9 Å². The van der Waals surface area contributed by atoms with Gasteiger partial charge in [-0.2, -0.15) is 0 Å². The number of hydrogen-bond donors (Lipinski definition) is 1. The van der Waals surface area contributed by atoms with Crippen LogP contribution in [0.25, 0.3) is 0 Å². The Morgan fingerprint density at radius 1 is 1.45 bits per heavy atom. The number of ether oxygens (including phenoxy) is 1. The van der Waals surface area contributed by atoms with Crippen molar-refractivity contribution >= 4 is 0 Å². The van der Waals surface area contributed by atoms with Gasteiger partial charge in [-0.15, -0.1) is 0 Å². The molecule has 1 N–H and O–H groups in total. The maximum Gasteiger partial charge on any atom is 0.347 e. The molecule has 0 fully saturated rings. The monoisotopic (exact) mass is 273 g/mol. The molecule has 2 rings (SSSR count). The number of likely N-dealkylation sites (N-methyl/N-ethyl adjacent to an activating group) is 1. The highest BCUT2D eigenvalue weighted by Gasteiger charge is 2.12. The van der Waals surface area contributed by atoms with Crippen molar-refractivity contribution in [3.8, 4) is 5.75 Å². The first-order valence-corrected chi connectivity index (χ1v) is 6.48. The lowest BCUT2D eigenvalue weighted by molar-refractivity contribution is 0.412. The van der Waals surface area contributed by atoms with Gasteiger partial charge in [0.1, 0.15) is 5.75 Å². The van der Waals surface area contributed by atoms with Crippen LogP contribution in [0.4, 0.5) is 0 Å². The topological polar surface area (TPSA) is 56.2 Å². The molecule has 20 heavy (non-hydrogen) atoms. The molecule has 0 saturated carbocycles. The standard InChI is InChI=1S/C15H19N3O2/c1-11-8-17-15(19)18(9-11)10-14(16-2)12-5-4-6-13(7-12)20-3/h4-9,14,16H,10H2,1-3H3. The van der Waals surface area contributed by atoms with Crippen LogP contribution < -0.4 is 15.7 Å². The first kappa shape index (κ1) is 14.3. The normalized spacial score (nSPS) is 12.2. The molecule has 0 aliphatic heterocycles. The van der Waals surface area contributed by atoms with Crippen molar-refractivity contribution in [2.45, 2.75) is 19.5 Å². The van der Waals surface area contributed by atoms with Crippen LogP contribution in [0.3, 0.4) is 0 Å². The highest BCUT2D eigenvalue weighted by Crippen LogP contribution is 2.19. The van der Waals surface area contributed by atoms with Gasteiger partial charge in [-0.1, -0.05) is 12.1 Å². The van der Waals surface area contributed by atoms with Crippen LogP contribution in [0.1, 0.15) is 17.2 Å². The fourth-order valence-corrected chi connectivity index (χ4v) is 2.11. The number of benzene rings is 1. The smallest absolute Gasteiger partial charge is 0.347 e. The van der Waals surface area contributed by atoms with Gasteiger partial charge in [0.05, 0.1) is 13.2 Å². The molecule has 1 atom stereocenters. The van der Waals surface area contributed by atoms with Crippen LogP contribution in [0, 0.1) is 6.92 Å². The Hall–Kier alpha value is -2.14. The maximum atomic E-state index is 11.8. The largest absolute Gasteiger partial charge is 0.497 e. The number of aryl methyl sites for hydroxylation is 1. The second-order valence-corrected chi connectivity index (χ2v) is 4.68. The van der Waals surface area contributed by atoms with Gasteiger partial charge in [-0.25, -0.2) is 9.78 Å². The quantitative estimate of drug-likeness (QED) is 0.897. The van der Waals surface area contributed by atoms with Crippen LogP contribution in [0.15, 0.2) is 41.5 Å². The zero-order valence-electron chi connectivity index (χ0n) is 12.0. The first-order chi connectivity index (χ1) is 9.63. The molecule has 0 aliphatic rings. The van der Waals surface area contributed by atoms with Crippen molar-refractivity contribution in [3.05, 3.63) is 58.3 Å². The summed E-state index contributed by atoms with van der Waals surface area (Å²) in [7, 11) is 3.51. The molecule has 1 heterocycles. The van der Waals surface area contributed by atoms with E-state index in [1.54, 1.807) is 17.9 Å². The molecule has 0 saturated heterocycles. The van der Waals surface area contributed by atoms with Gasteiger partial charge < -0.3 is 10.1 Å². The average molecular weight is 273 g/mol. The minimum Gasteiger partial charge on any atom is -0.497 e. The summed E-state index contributed by atoms with van der Waals surface area (Å²) in [4.78, 5) is 15.6. The molecular formula is C15H19N3O2. The molecule has 0 spiro atoms. The Morgan fingerprint density at radius 2 is 2.25 bits per heavy atom. The Labute approximate surface area is 118 Å². The number of hydrogen-bond acceptors (Lipinski definition) is 4. The fraction of sp³-hybridized carbons (Fsp3) is 0.333. The molecule has 0 aliphatic carbocycles. The van der Waals surface area contributed by atoms with Gasteiger partial charge in [-0.05, 0) is 37.2 Å². The van der Waals surface area contributed by atoms with Gasteiger partial charge >= 0.3 is 5.69 Å². The summed E-state index contributed by atoms with van der Waals surface area (Å²) in [6, 6.07) is 7.84. The highest BCUT2D eigenvalue weighted by atomic mass is 16.5. The van der Waals surface area contributed by atoms with Gasteiger partial charge in [0.2, 0.25) is 0 Å². The van der Waals surface area contributed by atoms with Gasteiger partial charge in [0, 0.05) is 18.9 Å². The third-order valence-electron chi connectivity index (χ3n) is 3.21. The zero-order valence-corrected chi connectivity index (χ0v) is 12.0. The molecule has 1 aromatic heterocycles. The predicted molar refractivity (Wildman–Crippen MR) is 78.0 cm³/mol. The second-order valence-electron chi connectivity index (χ2n) is 4.68. The molecule has 1 unspecified atom stereocenters. The molecule has 2 aromatic rings. The van der Waals surface area contributed by atoms with Crippen molar-refractivity contribution in [2.75, 3.05) is 14.2 Å². The average Bonchev–Trinajstić information content (AvgIpc) is 2.48. The minimum absolute atomic E-state index is 0.0198. The molecule has 1 aromatic carbocycles. The first-order valence-electron chi connectivity index (χ1n) is 6.48. The van der Waals surface area contributed by atoms with E-state index in [2.05, 4.69) is 10.3 Å². The number of aromatic nitrogens is 2. The van der Waals surface area contributed by atoms with Crippen molar-refractivity contribution in [3.63, 3.8) is 0 Å². The fourth-order valence-electron chi connectivity index (χ4n) is 2.11. The summed E-state index contributed by atoms with van der Waals surface area (Å²) in [5, 5.41) is 3.22. The maximum absolute atomic E-state index is 11.8.